The summed E-state index contributed by atoms with van der Waals surface area (Å²) in [6.07, 6.45) is 0. The second-order valence-electron chi connectivity index (χ2n) is 4.05. The van der Waals surface area contributed by atoms with Crippen molar-refractivity contribution in [1.82, 2.24) is 0 Å². The number of ether oxygens (including phenoxy) is 1. The number of rotatable bonds is 4. The van der Waals surface area contributed by atoms with Crippen molar-refractivity contribution in [3.05, 3.63) is 59.7 Å². The van der Waals surface area contributed by atoms with Gasteiger partial charge in [-0.05, 0) is 42.0 Å². The molecule has 0 aliphatic heterocycles. The fourth-order valence-corrected chi connectivity index (χ4v) is 2.44. The van der Waals surface area contributed by atoms with Gasteiger partial charge in [-0.25, -0.2) is 4.79 Å². The Bertz CT molecular complexity index is 549. The summed E-state index contributed by atoms with van der Waals surface area (Å²) in [4.78, 5) is 12.5. The predicted octanol–water partition coefficient (Wildman–Crippen LogP) is 3.35. The monoisotopic (exact) mass is 273 g/mol. The van der Waals surface area contributed by atoms with E-state index in [4.69, 9.17) is 5.73 Å². The molecule has 0 atom stereocenters. The molecule has 98 valence electrons. The van der Waals surface area contributed by atoms with Crippen molar-refractivity contribution in [3.8, 4) is 0 Å². The number of hydrogen-bond donors (Lipinski definition) is 1. The quantitative estimate of drug-likeness (QED) is 0.527. The highest BCUT2D eigenvalue weighted by Crippen LogP contribution is 2.23. The maximum absolute atomic E-state index is 11.3. The van der Waals surface area contributed by atoms with Gasteiger partial charge in [0.2, 0.25) is 0 Å². The smallest absolute Gasteiger partial charge is 0.337 e. The van der Waals surface area contributed by atoms with Crippen LogP contribution in [0.15, 0.2) is 53.4 Å². The van der Waals surface area contributed by atoms with E-state index < -0.39 is 0 Å². The number of hydrogen-bond acceptors (Lipinski definition) is 4. The number of nitrogen functional groups attached to an aromatic ring is 1. The van der Waals surface area contributed by atoms with Crippen LogP contribution in [0.3, 0.4) is 0 Å². The topological polar surface area (TPSA) is 52.3 Å². The molecule has 0 heterocycles. The summed E-state index contributed by atoms with van der Waals surface area (Å²) in [7, 11) is 1.38. The van der Waals surface area contributed by atoms with Crippen molar-refractivity contribution in [1.29, 1.82) is 0 Å². The molecule has 0 amide bonds. The molecule has 0 aliphatic rings. The largest absolute Gasteiger partial charge is 0.465 e. The summed E-state index contributed by atoms with van der Waals surface area (Å²) >= 11 is 1.73. The molecule has 0 aliphatic carbocycles. The molecule has 2 rings (SSSR count). The first-order chi connectivity index (χ1) is 9.19. The summed E-state index contributed by atoms with van der Waals surface area (Å²) in [5, 5.41) is 0. The zero-order valence-corrected chi connectivity index (χ0v) is 11.4. The van der Waals surface area contributed by atoms with Crippen molar-refractivity contribution in [3.63, 3.8) is 0 Å². The summed E-state index contributed by atoms with van der Waals surface area (Å²) in [6, 6.07) is 15.2. The van der Waals surface area contributed by atoms with Gasteiger partial charge in [-0.15, -0.1) is 11.8 Å². The zero-order chi connectivity index (χ0) is 13.7. The molecule has 0 bridgehead atoms. The third kappa shape index (κ3) is 3.76. The van der Waals surface area contributed by atoms with Gasteiger partial charge in [0.15, 0.2) is 0 Å². The summed E-state index contributed by atoms with van der Waals surface area (Å²) in [5.41, 5.74) is 8.14. The Hall–Kier alpha value is -1.94. The van der Waals surface area contributed by atoms with E-state index in [1.807, 2.05) is 36.4 Å². The van der Waals surface area contributed by atoms with Crippen LogP contribution in [0.5, 0.6) is 0 Å². The number of benzene rings is 2. The lowest BCUT2D eigenvalue weighted by atomic mass is 10.1. The molecular weight excluding hydrogens is 258 g/mol. The van der Waals surface area contributed by atoms with Gasteiger partial charge >= 0.3 is 5.97 Å². The van der Waals surface area contributed by atoms with Crippen molar-refractivity contribution < 1.29 is 9.53 Å². The van der Waals surface area contributed by atoms with Crippen molar-refractivity contribution in [2.45, 2.75) is 10.6 Å². The van der Waals surface area contributed by atoms with Crippen LogP contribution in [-0.2, 0) is 10.5 Å². The molecule has 0 spiro atoms. The summed E-state index contributed by atoms with van der Waals surface area (Å²) in [5.74, 6) is 0.545. The van der Waals surface area contributed by atoms with Gasteiger partial charge in [0.05, 0.1) is 12.7 Å². The average Bonchev–Trinajstić information content (AvgIpc) is 2.46. The second kappa shape index (κ2) is 6.29. The zero-order valence-electron chi connectivity index (χ0n) is 10.6. The molecule has 19 heavy (non-hydrogen) atoms. The van der Waals surface area contributed by atoms with Gasteiger partial charge < -0.3 is 10.5 Å². The van der Waals surface area contributed by atoms with Crippen LogP contribution in [0.4, 0.5) is 5.69 Å². The van der Waals surface area contributed by atoms with E-state index in [2.05, 4.69) is 4.74 Å². The number of esters is 1. The van der Waals surface area contributed by atoms with Crippen molar-refractivity contribution in [2.75, 3.05) is 12.8 Å². The SMILES string of the molecule is COC(=O)c1ccc(CSc2ccc(N)cc2)cc1. The molecular formula is C15H15NO2S. The second-order valence-corrected chi connectivity index (χ2v) is 5.09. The highest BCUT2D eigenvalue weighted by molar-refractivity contribution is 7.98. The summed E-state index contributed by atoms with van der Waals surface area (Å²) < 4.78 is 4.66. The fraction of sp³-hybridized carbons (Fsp3) is 0.133. The minimum absolute atomic E-state index is 0.308. The Morgan fingerprint density at radius 2 is 1.74 bits per heavy atom. The molecule has 0 radical (unpaired) electrons. The van der Waals surface area contributed by atoms with Crippen molar-refractivity contribution in [2.24, 2.45) is 0 Å². The lowest BCUT2D eigenvalue weighted by Crippen LogP contribution is -2.00. The van der Waals surface area contributed by atoms with Crippen LogP contribution < -0.4 is 5.73 Å². The molecule has 0 saturated heterocycles. The Morgan fingerprint density at radius 1 is 1.11 bits per heavy atom. The molecule has 0 fully saturated rings. The van der Waals surface area contributed by atoms with Gasteiger partial charge in [-0.3, -0.25) is 0 Å². The highest BCUT2D eigenvalue weighted by Gasteiger charge is 2.04. The lowest BCUT2D eigenvalue weighted by molar-refractivity contribution is 0.0600. The van der Waals surface area contributed by atoms with Crippen LogP contribution in [-0.4, -0.2) is 13.1 Å². The Balaban J connectivity index is 1.96. The van der Waals surface area contributed by atoms with Crippen LogP contribution in [0.2, 0.25) is 0 Å². The highest BCUT2D eigenvalue weighted by atomic mass is 32.2. The molecule has 2 aromatic carbocycles. The first-order valence-corrected chi connectivity index (χ1v) is 6.83. The average molecular weight is 273 g/mol. The fourth-order valence-electron chi connectivity index (χ4n) is 1.59. The van der Waals surface area contributed by atoms with Crippen molar-refractivity contribution >= 4 is 23.4 Å². The van der Waals surface area contributed by atoms with Gasteiger partial charge in [0.25, 0.3) is 0 Å². The third-order valence-corrected chi connectivity index (χ3v) is 3.74. The van der Waals surface area contributed by atoms with Crippen LogP contribution >= 0.6 is 11.8 Å². The van der Waals surface area contributed by atoms with Crippen LogP contribution in [0.1, 0.15) is 15.9 Å². The van der Waals surface area contributed by atoms with E-state index >= 15 is 0 Å². The molecule has 3 nitrogen and oxygen atoms in total. The number of thioether (sulfide) groups is 1. The third-order valence-electron chi connectivity index (χ3n) is 2.66. The Morgan fingerprint density at radius 3 is 2.32 bits per heavy atom. The van der Waals surface area contributed by atoms with Gasteiger partial charge in [-0.1, -0.05) is 12.1 Å². The molecule has 2 N–H and O–H groups in total. The Labute approximate surface area is 116 Å². The predicted molar refractivity (Wildman–Crippen MR) is 78.2 cm³/mol. The maximum Gasteiger partial charge on any atom is 0.337 e. The number of carbonyl (C=O) groups is 1. The van der Waals surface area contributed by atoms with E-state index in [0.717, 1.165) is 17.0 Å². The number of carbonyl (C=O) groups excluding carboxylic acids is 1. The lowest BCUT2D eigenvalue weighted by Gasteiger charge is -2.04. The maximum atomic E-state index is 11.3. The molecule has 0 saturated carbocycles. The molecule has 0 unspecified atom stereocenters. The number of anilines is 1. The molecule has 4 heteroatoms. The van der Waals surface area contributed by atoms with E-state index in [-0.39, 0.29) is 5.97 Å². The van der Waals surface area contributed by atoms with E-state index in [1.165, 1.54) is 12.0 Å². The molecule has 2 aromatic rings. The minimum Gasteiger partial charge on any atom is -0.465 e. The first kappa shape index (κ1) is 13.5. The standard InChI is InChI=1S/C15H15NO2S/c1-18-15(17)12-4-2-11(3-5-12)10-19-14-8-6-13(16)7-9-14/h2-9H,10,16H2,1H3. The van der Waals surface area contributed by atoms with Crippen LogP contribution in [0.25, 0.3) is 0 Å². The van der Waals surface area contributed by atoms with Crippen LogP contribution in [0, 0.1) is 0 Å². The van der Waals surface area contributed by atoms with E-state index in [0.29, 0.717) is 5.56 Å². The minimum atomic E-state index is -0.308. The number of methoxy groups -OCH3 is 1. The molecule has 0 aromatic heterocycles. The first-order valence-electron chi connectivity index (χ1n) is 5.84. The summed E-state index contributed by atoms with van der Waals surface area (Å²) in [6.45, 7) is 0. The number of nitrogens with two attached hydrogens (primary N) is 1. The van der Waals surface area contributed by atoms with Gasteiger partial charge in [0.1, 0.15) is 0 Å². The Kier molecular flexibility index (Phi) is 4.47. The van der Waals surface area contributed by atoms with Gasteiger partial charge in [-0.2, -0.15) is 0 Å². The van der Waals surface area contributed by atoms with E-state index in [9.17, 15) is 4.79 Å². The van der Waals surface area contributed by atoms with Gasteiger partial charge in [0, 0.05) is 16.3 Å². The van der Waals surface area contributed by atoms with E-state index in [1.54, 1.807) is 23.9 Å². The normalized spacial score (nSPS) is 10.2.